The third kappa shape index (κ3) is 5.28. The molecule has 0 amide bonds. The molecule has 0 spiro atoms. The number of nitrogen functional groups attached to an aromatic ring is 1. The van der Waals surface area contributed by atoms with Crippen LogP contribution >= 0.6 is 0 Å². The normalized spacial score (nSPS) is 12.6. The summed E-state index contributed by atoms with van der Waals surface area (Å²) in [6.45, 7) is 6.37. The number of rotatable bonds is 8. The van der Waals surface area contributed by atoms with Gasteiger partial charge >= 0.3 is 0 Å². The second-order valence-electron chi connectivity index (χ2n) is 6.10. The molecule has 1 rings (SSSR count). The molecule has 0 radical (unpaired) electrons. The van der Waals surface area contributed by atoms with E-state index < -0.39 is 20.7 Å². The van der Waals surface area contributed by atoms with Crippen LogP contribution in [-0.4, -0.2) is 15.0 Å². The van der Waals surface area contributed by atoms with Crippen LogP contribution in [0.25, 0.3) is 0 Å². The Morgan fingerprint density at radius 2 is 1.95 bits per heavy atom. The second-order valence-corrected chi connectivity index (χ2v) is 7.81. The third-order valence-electron chi connectivity index (χ3n) is 3.46. The fourth-order valence-corrected chi connectivity index (χ4v) is 3.54. The number of hydrogen-bond acceptors (Lipinski definition) is 3. The maximum atomic E-state index is 13.7. The lowest BCUT2D eigenvalue weighted by Crippen LogP contribution is -2.34. The van der Waals surface area contributed by atoms with Gasteiger partial charge in [-0.15, -0.1) is 0 Å². The maximum Gasteiger partial charge on any atom is 0.245 e. The summed E-state index contributed by atoms with van der Waals surface area (Å²) in [6, 6.07) is 3.86. The minimum absolute atomic E-state index is 0.0775. The molecule has 0 saturated carbocycles. The molecule has 1 aromatic carbocycles. The first-order chi connectivity index (χ1) is 9.69. The zero-order valence-electron chi connectivity index (χ0n) is 12.9. The minimum Gasteiger partial charge on any atom is -0.398 e. The first-order valence-corrected chi connectivity index (χ1v) is 8.71. The van der Waals surface area contributed by atoms with Crippen molar-refractivity contribution >= 4 is 15.7 Å². The molecule has 1 aromatic rings. The number of nitrogens with one attached hydrogen (secondary N) is 1. The molecule has 0 aromatic heterocycles. The van der Waals surface area contributed by atoms with Crippen molar-refractivity contribution in [3.8, 4) is 0 Å². The summed E-state index contributed by atoms with van der Waals surface area (Å²) in [5, 5.41) is 0. The van der Waals surface area contributed by atoms with Gasteiger partial charge in [0.1, 0.15) is 10.7 Å². The van der Waals surface area contributed by atoms with Crippen LogP contribution < -0.4 is 10.5 Å². The van der Waals surface area contributed by atoms with Crippen LogP contribution in [-0.2, 0) is 10.0 Å². The monoisotopic (exact) mass is 316 g/mol. The highest BCUT2D eigenvalue weighted by Gasteiger charge is 2.25. The molecule has 0 fully saturated rings. The highest BCUT2D eigenvalue weighted by Crippen LogP contribution is 2.25. The highest BCUT2D eigenvalue weighted by molar-refractivity contribution is 7.89. The van der Waals surface area contributed by atoms with Gasteiger partial charge in [0.2, 0.25) is 10.0 Å². The van der Waals surface area contributed by atoms with E-state index in [9.17, 15) is 12.8 Å². The molecule has 0 unspecified atom stereocenters. The van der Waals surface area contributed by atoms with Crippen LogP contribution in [0.1, 0.15) is 46.5 Å². The summed E-state index contributed by atoms with van der Waals surface area (Å²) in [4.78, 5) is -0.464. The van der Waals surface area contributed by atoms with Crippen molar-refractivity contribution in [3.63, 3.8) is 0 Å². The van der Waals surface area contributed by atoms with Crippen LogP contribution in [0.15, 0.2) is 23.1 Å². The summed E-state index contributed by atoms with van der Waals surface area (Å²) in [6.07, 6.45) is 4.20. The Hall–Kier alpha value is -1.14. The molecule has 6 heteroatoms. The van der Waals surface area contributed by atoms with Gasteiger partial charge in [0.25, 0.3) is 0 Å². The third-order valence-corrected chi connectivity index (χ3v) is 4.96. The Labute approximate surface area is 127 Å². The zero-order valence-corrected chi connectivity index (χ0v) is 13.8. The lowest BCUT2D eigenvalue weighted by atomic mass is 9.87. The predicted molar refractivity (Wildman–Crippen MR) is 83.9 cm³/mol. The van der Waals surface area contributed by atoms with Gasteiger partial charge in [-0.25, -0.2) is 17.5 Å². The molecule has 120 valence electrons. The van der Waals surface area contributed by atoms with Crippen molar-refractivity contribution < 1.29 is 12.8 Å². The van der Waals surface area contributed by atoms with Gasteiger partial charge in [-0.2, -0.15) is 0 Å². The number of sulfonamides is 1. The van der Waals surface area contributed by atoms with E-state index in [-0.39, 0.29) is 17.6 Å². The molecule has 0 heterocycles. The Kier molecular flexibility index (Phi) is 6.16. The van der Waals surface area contributed by atoms with E-state index in [0.29, 0.717) is 0 Å². The van der Waals surface area contributed by atoms with E-state index in [4.69, 9.17) is 5.73 Å². The fraction of sp³-hybridized carbons (Fsp3) is 0.600. The Bertz CT molecular complexity index is 551. The van der Waals surface area contributed by atoms with Crippen LogP contribution in [0.2, 0.25) is 0 Å². The van der Waals surface area contributed by atoms with Gasteiger partial charge in [-0.1, -0.05) is 46.1 Å². The van der Waals surface area contributed by atoms with Crippen molar-refractivity contribution in [2.75, 3.05) is 12.3 Å². The topological polar surface area (TPSA) is 72.2 Å². The van der Waals surface area contributed by atoms with E-state index in [0.717, 1.165) is 31.7 Å². The summed E-state index contributed by atoms with van der Waals surface area (Å²) in [5.41, 5.74) is 5.33. The fourth-order valence-electron chi connectivity index (χ4n) is 2.11. The maximum absolute atomic E-state index is 13.7. The summed E-state index contributed by atoms with van der Waals surface area (Å²) >= 11 is 0. The largest absolute Gasteiger partial charge is 0.398 e. The molecular formula is C15H25FN2O2S. The van der Waals surface area contributed by atoms with Crippen molar-refractivity contribution in [2.24, 2.45) is 5.41 Å². The smallest absolute Gasteiger partial charge is 0.245 e. The first-order valence-electron chi connectivity index (χ1n) is 7.23. The molecule has 0 saturated heterocycles. The highest BCUT2D eigenvalue weighted by atomic mass is 32.2. The molecule has 0 atom stereocenters. The van der Waals surface area contributed by atoms with E-state index in [1.807, 2.05) is 13.8 Å². The molecule has 0 aliphatic heterocycles. The number of benzene rings is 1. The number of unbranched alkanes of at least 4 members (excludes halogenated alkanes) is 2. The molecule has 4 nitrogen and oxygen atoms in total. The number of halogens is 1. The standard InChI is InChI=1S/C15H25FN2O2S/c1-4-5-6-10-15(2,3)11-18-21(19,20)14-12(16)8-7-9-13(14)17/h7-9,18H,4-6,10-11,17H2,1-3H3. The molecule has 0 aliphatic rings. The van der Waals surface area contributed by atoms with Crippen LogP contribution in [0, 0.1) is 11.2 Å². The van der Waals surface area contributed by atoms with Crippen LogP contribution in [0.4, 0.5) is 10.1 Å². The number of nitrogens with two attached hydrogens (primary N) is 1. The molecular weight excluding hydrogens is 291 g/mol. The van der Waals surface area contributed by atoms with Gasteiger partial charge in [-0.05, 0) is 24.0 Å². The SMILES string of the molecule is CCCCCC(C)(C)CNS(=O)(=O)c1c(N)cccc1F. The average molecular weight is 316 g/mol. The van der Waals surface area contributed by atoms with Gasteiger partial charge < -0.3 is 5.73 Å². The minimum atomic E-state index is -3.94. The quantitative estimate of drug-likeness (QED) is 0.571. The van der Waals surface area contributed by atoms with Crippen molar-refractivity contribution in [1.82, 2.24) is 4.72 Å². The Balaban J connectivity index is 2.78. The van der Waals surface area contributed by atoms with E-state index in [2.05, 4.69) is 11.6 Å². The zero-order chi connectivity index (χ0) is 16.1. The lowest BCUT2D eigenvalue weighted by Gasteiger charge is -2.25. The summed E-state index contributed by atoms with van der Waals surface area (Å²) in [7, 11) is -3.94. The van der Waals surface area contributed by atoms with Crippen LogP contribution in [0.5, 0.6) is 0 Å². The average Bonchev–Trinajstić information content (AvgIpc) is 2.36. The molecule has 0 bridgehead atoms. The second kappa shape index (κ2) is 7.22. The molecule has 0 aliphatic carbocycles. The first kappa shape index (κ1) is 17.9. The molecule has 3 N–H and O–H groups in total. The summed E-state index contributed by atoms with van der Waals surface area (Å²) in [5.74, 6) is -0.828. The van der Waals surface area contributed by atoms with Crippen molar-refractivity contribution in [1.29, 1.82) is 0 Å². The Morgan fingerprint density at radius 3 is 2.52 bits per heavy atom. The predicted octanol–water partition coefficient (Wildman–Crippen LogP) is 3.29. The van der Waals surface area contributed by atoms with Gasteiger partial charge in [0.05, 0.1) is 5.69 Å². The Morgan fingerprint density at radius 1 is 1.29 bits per heavy atom. The lowest BCUT2D eigenvalue weighted by molar-refractivity contribution is 0.320. The van der Waals surface area contributed by atoms with E-state index in [1.54, 1.807) is 0 Å². The van der Waals surface area contributed by atoms with Crippen molar-refractivity contribution in [2.45, 2.75) is 51.3 Å². The van der Waals surface area contributed by atoms with E-state index >= 15 is 0 Å². The number of hydrogen-bond donors (Lipinski definition) is 2. The van der Waals surface area contributed by atoms with E-state index in [1.165, 1.54) is 12.1 Å². The van der Waals surface area contributed by atoms with Gasteiger partial charge in [0, 0.05) is 6.54 Å². The molecule has 21 heavy (non-hydrogen) atoms. The van der Waals surface area contributed by atoms with Gasteiger partial charge in [-0.3, -0.25) is 0 Å². The summed E-state index contributed by atoms with van der Waals surface area (Å²) < 4.78 is 40.6. The van der Waals surface area contributed by atoms with Crippen LogP contribution in [0.3, 0.4) is 0 Å². The van der Waals surface area contributed by atoms with Gasteiger partial charge in [0.15, 0.2) is 0 Å². The van der Waals surface area contributed by atoms with Crippen molar-refractivity contribution in [3.05, 3.63) is 24.0 Å². The number of anilines is 1.